The van der Waals surface area contributed by atoms with Gasteiger partial charge < -0.3 is 24.3 Å². The summed E-state index contributed by atoms with van der Waals surface area (Å²) in [6.07, 6.45) is 3.73. The fraction of sp³-hybridized carbons (Fsp3) is 0.462. The summed E-state index contributed by atoms with van der Waals surface area (Å²) in [7, 11) is 2.15. The Morgan fingerprint density at radius 2 is 1.94 bits per heavy atom. The molecule has 6 rings (SSSR count). The lowest BCUT2D eigenvalue weighted by molar-refractivity contribution is -0.126. The summed E-state index contributed by atoms with van der Waals surface area (Å²) in [5.41, 5.74) is 3.15. The monoisotopic (exact) mass is 505 g/mol. The number of hydrogen-bond acceptors (Lipinski definition) is 9. The molecule has 2 aromatic heterocycles. The molecule has 2 saturated heterocycles. The van der Waals surface area contributed by atoms with Crippen molar-refractivity contribution in [1.29, 1.82) is 0 Å². The average Bonchev–Trinajstić information content (AvgIpc) is 3.64. The molecular weight excluding hydrogens is 474 g/mol. The maximum Gasteiger partial charge on any atom is 0.318 e. The van der Waals surface area contributed by atoms with Crippen molar-refractivity contribution in [3.05, 3.63) is 48.2 Å². The number of likely N-dealkylation sites (N-methyl/N-ethyl adjacent to an activating group) is 1. The van der Waals surface area contributed by atoms with Crippen LogP contribution >= 0.6 is 11.3 Å². The van der Waals surface area contributed by atoms with Crippen LogP contribution < -0.4 is 14.5 Å². The Bertz CT molecular complexity index is 1250. The van der Waals surface area contributed by atoms with Crippen LogP contribution in [0.15, 0.2) is 36.9 Å². The van der Waals surface area contributed by atoms with Gasteiger partial charge in [-0.05, 0) is 44.6 Å². The predicted molar refractivity (Wildman–Crippen MR) is 142 cm³/mol. The standard InChI is InChI=1S/C26H31N7O2S/c1-3-23(34)31-11-13-32(14-12-31)24-19-15-33(26-28-20-8-4-5-9-22(20)36-26)16-21(19)27-25(29-24)35-17-18-7-6-10-30(18)2/h3-5,8-9,18H,1,6-7,10-17H2,2H3/t18-/m0/s1. The van der Waals surface area contributed by atoms with Crippen molar-refractivity contribution in [2.24, 2.45) is 0 Å². The number of piperazine rings is 1. The van der Waals surface area contributed by atoms with Crippen LogP contribution in [0.2, 0.25) is 0 Å². The summed E-state index contributed by atoms with van der Waals surface area (Å²) < 4.78 is 7.37. The van der Waals surface area contributed by atoms with Crippen LogP contribution in [0.25, 0.3) is 10.2 Å². The van der Waals surface area contributed by atoms with Gasteiger partial charge in [0.2, 0.25) is 5.91 Å². The lowest BCUT2D eigenvalue weighted by Gasteiger charge is -2.35. The molecule has 0 radical (unpaired) electrons. The maximum atomic E-state index is 12.1. The number of anilines is 2. The van der Waals surface area contributed by atoms with Gasteiger partial charge in [0.25, 0.3) is 0 Å². The molecule has 5 heterocycles. The van der Waals surface area contributed by atoms with E-state index in [4.69, 9.17) is 19.7 Å². The quantitative estimate of drug-likeness (QED) is 0.474. The smallest absolute Gasteiger partial charge is 0.318 e. The van der Waals surface area contributed by atoms with Crippen molar-refractivity contribution in [2.45, 2.75) is 32.0 Å². The molecule has 0 saturated carbocycles. The number of rotatable bonds is 6. The molecule has 3 aliphatic heterocycles. The second-order valence-electron chi connectivity index (χ2n) is 9.68. The van der Waals surface area contributed by atoms with Crippen molar-refractivity contribution in [3.63, 3.8) is 0 Å². The van der Waals surface area contributed by atoms with Gasteiger partial charge in [0.1, 0.15) is 12.4 Å². The van der Waals surface area contributed by atoms with E-state index in [1.54, 1.807) is 11.3 Å². The first kappa shape index (κ1) is 23.2. The molecule has 10 heteroatoms. The molecule has 0 aliphatic carbocycles. The summed E-state index contributed by atoms with van der Waals surface area (Å²) in [6, 6.07) is 9.09. The number of hydrogen-bond donors (Lipinski definition) is 0. The molecule has 0 N–H and O–H groups in total. The Hall–Kier alpha value is -3.24. The van der Waals surface area contributed by atoms with Crippen molar-refractivity contribution in [2.75, 3.05) is 56.2 Å². The van der Waals surface area contributed by atoms with Gasteiger partial charge in [-0.15, -0.1) is 0 Å². The third-order valence-corrected chi connectivity index (χ3v) is 8.53. The van der Waals surface area contributed by atoms with Gasteiger partial charge in [-0.2, -0.15) is 9.97 Å². The van der Waals surface area contributed by atoms with Gasteiger partial charge in [0.15, 0.2) is 5.13 Å². The highest BCUT2D eigenvalue weighted by Crippen LogP contribution is 2.37. The van der Waals surface area contributed by atoms with Gasteiger partial charge in [-0.1, -0.05) is 30.0 Å². The highest BCUT2D eigenvalue weighted by Gasteiger charge is 2.32. The first-order valence-electron chi connectivity index (χ1n) is 12.6. The number of likely N-dealkylation sites (tertiary alicyclic amines) is 1. The Kier molecular flexibility index (Phi) is 6.22. The van der Waals surface area contributed by atoms with Crippen molar-refractivity contribution in [1.82, 2.24) is 24.8 Å². The fourth-order valence-corrected chi connectivity index (χ4v) is 6.26. The Labute approximate surface area is 215 Å². The Morgan fingerprint density at radius 3 is 2.69 bits per heavy atom. The minimum Gasteiger partial charge on any atom is -0.462 e. The van der Waals surface area contributed by atoms with Gasteiger partial charge in [0.05, 0.1) is 29.0 Å². The second kappa shape index (κ2) is 9.67. The largest absolute Gasteiger partial charge is 0.462 e. The highest BCUT2D eigenvalue weighted by atomic mass is 32.1. The van der Waals surface area contributed by atoms with E-state index in [0.717, 1.165) is 53.8 Å². The number of carbonyl (C=O) groups excluding carboxylic acids is 1. The van der Waals surface area contributed by atoms with Crippen LogP contribution in [0.3, 0.4) is 0 Å². The lowest BCUT2D eigenvalue weighted by atomic mass is 10.2. The number of fused-ring (bicyclic) bond motifs is 2. The molecule has 188 valence electrons. The molecule has 3 aromatic rings. The fourth-order valence-electron chi connectivity index (χ4n) is 5.30. The van der Waals surface area contributed by atoms with Crippen molar-refractivity contribution in [3.8, 4) is 6.01 Å². The molecule has 1 atom stereocenters. The number of aromatic nitrogens is 3. The zero-order chi connectivity index (χ0) is 24.6. The van der Waals surface area contributed by atoms with Crippen LogP contribution in [0.5, 0.6) is 6.01 Å². The molecule has 0 bridgehead atoms. The molecule has 1 amide bonds. The molecule has 2 fully saturated rings. The third-order valence-electron chi connectivity index (χ3n) is 7.43. The van der Waals surface area contributed by atoms with Crippen LogP contribution in [0.1, 0.15) is 24.1 Å². The molecule has 0 unspecified atom stereocenters. The van der Waals surface area contributed by atoms with Gasteiger partial charge >= 0.3 is 6.01 Å². The van der Waals surface area contributed by atoms with E-state index in [-0.39, 0.29) is 5.91 Å². The highest BCUT2D eigenvalue weighted by molar-refractivity contribution is 7.22. The van der Waals surface area contributed by atoms with E-state index in [0.29, 0.717) is 44.8 Å². The van der Waals surface area contributed by atoms with Crippen molar-refractivity contribution >= 4 is 38.4 Å². The minimum atomic E-state index is -0.0192. The number of thiazole rings is 1. The number of carbonyl (C=O) groups is 1. The second-order valence-corrected chi connectivity index (χ2v) is 10.7. The Balaban J connectivity index is 1.27. The van der Waals surface area contributed by atoms with Gasteiger partial charge in [-0.3, -0.25) is 4.79 Å². The number of ether oxygens (including phenoxy) is 1. The SMILES string of the molecule is C=CC(=O)N1CCN(c2nc(OC[C@@H]3CCCN3C)nc3c2CN(c2nc4ccccc4s2)C3)CC1. The maximum absolute atomic E-state index is 12.1. The summed E-state index contributed by atoms with van der Waals surface area (Å²) in [5, 5.41) is 0.997. The molecule has 36 heavy (non-hydrogen) atoms. The van der Waals surface area contributed by atoms with E-state index in [9.17, 15) is 4.79 Å². The normalized spacial score (nSPS) is 20.2. The van der Waals surface area contributed by atoms with E-state index < -0.39 is 0 Å². The summed E-state index contributed by atoms with van der Waals surface area (Å²) in [4.78, 5) is 35.5. The number of nitrogens with zero attached hydrogens (tertiary/aromatic N) is 7. The summed E-state index contributed by atoms with van der Waals surface area (Å²) in [6.45, 7) is 9.45. The van der Waals surface area contributed by atoms with Crippen LogP contribution in [-0.4, -0.2) is 83.1 Å². The third kappa shape index (κ3) is 4.39. The zero-order valence-electron chi connectivity index (χ0n) is 20.6. The minimum absolute atomic E-state index is 0.0192. The van der Waals surface area contributed by atoms with E-state index in [2.05, 4.69) is 46.5 Å². The van der Waals surface area contributed by atoms with E-state index >= 15 is 0 Å². The molecule has 1 aromatic carbocycles. The molecular formula is C26H31N7O2S. The first-order chi connectivity index (χ1) is 17.6. The molecule has 9 nitrogen and oxygen atoms in total. The van der Waals surface area contributed by atoms with Crippen LogP contribution in [-0.2, 0) is 17.9 Å². The topological polar surface area (TPSA) is 77.9 Å². The number of benzene rings is 1. The molecule has 3 aliphatic rings. The first-order valence-corrected chi connectivity index (χ1v) is 13.4. The van der Waals surface area contributed by atoms with Crippen LogP contribution in [0, 0.1) is 0 Å². The summed E-state index contributed by atoms with van der Waals surface area (Å²) in [5.74, 6) is 0.901. The predicted octanol–water partition coefficient (Wildman–Crippen LogP) is 2.91. The van der Waals surface area contributed by atoms with E-state index in [1.165, 1.54) is 17.2 Å². The van der Waals surface area contributed by atoms with Crippen molar-refractivity contribution < 1.29 is 9.53 Å². The number of amides is 1. The average molecular weight is 506 g/mol. The van der Waals surface area contributed by atoms with Gasteiger partial charge in [-0.25, -0.2) is 4.98 Å². The lowest BCUT2D eigenvalue weighted by Crippen LogP contribution is -2.48. The van der Waals surface area contributed by atoms with Gasteiger partial charge in [0, 0.05) is 37.8 Å². The Morgan fingerprint density at radius 1 is 1.11 bits per heavy atom. The summed E-state index contributed by atoms with van der Waals surface area (Å²) >= 11 is 1.71. The van der Waals surface area contributed by atoms with E-state index in [1.807, 2.05) is 11.0 Å². The van der Waals surface area contributed by atoms with Crippen LogP contribution in [0.4, 0.5) is 10.9 Å². The zero-order valence-corrected chi connectivity index (χ0v) is 21.4. The molecule has 0 spiro atoms. The number of para-hydroxylation sites is 1.